The number of benzene rings is 1. The van der Waals surface area contributed by atoms with Gasteiger partial charge in [0.25, 0.3) is 0 Å². The number of aromatic nitrogens is 5. The van der Waals surface area contributed by atoms with Gasteiger partial charge in [-0.1, -0.05) is 43.0 Å². The molecule has 0 saturated carbocycles. The molecule has 3 rings (SSSR count). The van der Waals surface area contributed by atoms with Crippen molar-refractivity contribution >= 4 is 34.1 Å². The first-order chi connectivity index (χ1) is 12.1. The van der Waals surface area contributed by atoms with E-state index < -0.39 is 0 Å². The van der Waals surface area contributed by atoms with Crippen LogP contribution in [-0.4, -0.2) is 36.3 Å². The summed E-state index contributed by atoms with van der Waals surface area (Å²) in [6.45, 7) is 3.94. The summed E-state index contributed by atoms with van der Waals surface area (Å²) in [6, 6.07) is 8.30. The second-order valence-electron chi connectivity index (χ2n) is 5.42. The smallest absolute Gasteiger partial charge is 0.239 e. The molecule has 0 unspecified atom stereocenters. The number of nitrogens with zero attached hydrogens (tertiary/aromatic N) is 5. The van der Waals surface area contributed by atoms with Crippen LogP contribution in [0.25, 0.3) is 11.3 Å². The zero-order valence-electron chi connectivity index (χ0n) is 14.1. The van der Waals surface area contributed by atoms with E-state index in [4.69, 9.17) is 0 Å². The lowest BCUT2D eigenvalue weighted by molar-refractivity contribution is -0.115. The van der Waals surface area contributed by atoms with Crippen LogP contribution in [0.3, 0.4) is 0 Å². The summed E-state index contributed by atoms with van der Waals surface area (Å²) in [5, 5.41) is 16.8. The summed E-state index contributed by atoms with van der Waals surface area (Å²) < 4.78 is 1.54. The molecule has 0 spiro atoms. The SMILES string of the molecule is CCc1ccc(-c2csc(NC(=O)[C@H](C)Sc3nnnn3C)n2)cc1. The number of carbonyl (C=O) groups excluding carboxylic acids is 1. The third-order valence-electron chi connectivity index (χ3n) is 3.62. The fourth-order valence-corrected chi connectivity index (χ4v) is 3.59. The highest BCUT2D eigenvalue weighted by molar-refractivity contribution is 8.00. The van der Waals surface area contributed by atoms with Crippen LogP contribution in [0.4, 0.5) is 5.13 Å². The Balaban J connectivity index is 1.64. The molecule has 1 aromatic carbocycles. The van der Waals surface area contributed by atoms with Crippen LogP contribution in [0, 0.1) is 0 Å². The molecule has 0 aliphatic rings. The molecule has 0 saturated heterocycles. The van der Waals surface area contributed by atoms with Crippen molar-refractivity contribution < 1.29 is 4.79 Å². The van der Waals surface area contributed by atoms with Gasteiger partial charge in [-0.2, -0.15) is 0 Å². The third-order valence-corrected chi connectivity index (χ3v) is 5.51. The molecule has 0 bridgehead atoms. The highest BCUT2D eigenvalue weighted by Crippen LogP contribution is 2.26. The van der Waals surface area contributed by atoms with Gasteiger partial charge >= 0.3 is 0 Å². The molecule has 2 heterocycles. The van der Waals surface area contributed by atoms with E-state index in [0.29, 0.717) is 10.3 Å². The molecule has 3 aromatic rings. The average Bonchev–Trinajstić information content (AvgIpc) is 3.24. The van der Waals surface area contributed by atoms with E-state index in [1.165, 1.54) is 33.3 Å². The van der Waals surface area contributed by atoms with E-state index in [9.17, 15) is 4.79 Å². The second kappa shape index (κ2) is 7.75. The summed E-state index contributed by atoms with van der Waals surface area (Å²) in [6.07, 6.45) is 1.01. The quantitative estimate of drug-likeness (QED) is 0.668. The Hall–Kier alpha value is -2.26. The Morgan fingerprint density at radius 1 is 1.36 bits per heavy atom. The molecular formula is C16H18N6OS2. The van der Waals surface area contributed by atoms with E-state index in [1.807, 2.05) is 12.3 Å². The number of anilines is 1. The first-order valence-corrected chi connectivity index (χ1v) is 9.57. The lowest BCUT2D eigenvalue weighted by Gasteiger charge is -2.08. The van der Waals surface area contributed by atoms with E-state index in [-0.39, 0.29) is 11.2 Å². The predicted octanol–water partition coefficient (Wildman–Crippen LogP) is 3.02. The van der Waals surface area contributed by atoms with Gasteiger partial charge in [0.15, 0.2) is 5.13 Å². The topological polar surface area (TPSA) is 85.6 Å². The van der Waals surface area contributed by atoms with Crippen LogP contribution < -0.4 is 5.32 Å². The molecule has 0 fully saturated rings. The normalized spacial score (nSPS) is 12.1. The highest BCUT2D eigenvalue weighted by Gasteiger charge is 2.19. The van der Waals surface area contributed by atoms with E-state index in [2.05, 4.69) is 57.0 Å². The van der Waals surface area contributed by atoms with Crippen LogP contribution >= 0.6 is 23.1 Å². The molecule has 2 aromatic heterocycles. The molecule has 0 aliphatic heterocycles. The molecular weight excluding hydrogens is 356 g/mol. The second-order valence-corrected chi connectivity index (χ2v) is 7.59. The van der Waals surface area contributed by atoms with Crippen molar-refractivity contribution in [3.63, 3.8) is 0 Å². The number of hydrogen-bond donors (Lipinski definition) is 1. The van der Waals surface area contributed by atoms with Crippen LogP contribution in [0.1, 0.15) is 19.4 Å². The maximum Gasteiger partial charge on any atom is 0.239 e. The van der Waals surface area contributed by atoms with E-state index in [1.54, 1.807) is 7.05 Å². The molecule has 25 heavy (non-hydrogen) atoms. The van der Waals surface area contributed by atoms with Gasteiger partial charge in [-0.3, -0.25) is 4.79 Å². The van der Waals surface area contributed by atoms with Gasteiger partial charge < -0.3 is 5.32 Å². The van der Waals surface area contributed by atoms with Crippen LogP contribution in [0.15, 0.2) is 34.8 Å². The molecule has 0 aliphatic carbocycles. The number of aryl methyl sites for hydroxylation is 2. The Bertz CT molecular complexity index is 858. The number of amides is 1. The van der Waals surface area contributed by atoms with Crippen LogP contribution in [0.5, 0.6) is 0 Å². The van der Waals surface area contributed by atoms with Crippen molar-refractivity contribution in [1.29, 1.82) is 0 Å². The number of thioether (sulfide) groups is 1. The lowest BCUT2D eigenvalue weighted by Crippen LogP contribution is -2.22. The first kappa shape index (κ1) is 17.6. The minimum Gasteiger partial charge on any atom is -0.301 e. The number of rotatable bonds is 6. The van der Waals surface area contributed by atoms with Gasteiger partial charge in [0.1, 0.15) is 0 Å². The molecule has 130 valence electrons. The van der Waals surface area contributed by atoms with Gasteiger partial charge in [0, 0.05) is 18.0 Å². The summed E-state index contributed by atoms with van der Waals surface area (Å²) in [5.74, 6) is -0.129. The largest absolute Gasteiger partial charge is 0.301 e. The lowest BCUT2D eigenvalue weighted by atomic mass is 10.1. The fourth-order valence-electron chi connectivity index (χ4n) is 2.11. The van der Waals surface area contributed by atoms with Crippen LogP contribution in [-0.2, 0) is 18.3 Å². The predicted molar refractivity (Wildman–Crippen MR) is 99.7 cm³/mol. The number of nitrogens with one attached hydrogen (secondary N) is 1. The molecule has 7 nitrogen and oxygen atoms in total. The van der Waals surface area contributed by atoms with Crippen molar-refractivity contribution in [2.24, 2.45) is 7.05 Å². The Kier molecular flexibility index (Phi) is 5.44. The minimum atomic E-state index is -0.333. The Morgan fingerprint density at radius 2 is 2.12 bits per heavy atom. The summed E-state index contributed by atoms with van der Waals surface area (Å²) in [7, 11) is 1.74. The molecule has 1 N–H and O–H groups in total. The fraction of sp³-hybridized carbons (Fsp3) is 0.312. The van der Waals surface area contributed by atoms with Crippen molar-refractivity contribution in [2.45, 2.75) is 30.7 Å². The highest BCUT2D eigenvalue weighted by atomic mass is 32.2. The minimum absolute atomic E-state index is 0.129. The number of thiazole rings is 1. The molecule has 1 amide bonds. The van der Waals surface area contributed by atoms with Crippen LogP contribution in [0.2, 0.25) is 0 Å². The first-order valence-electron chi connectivity index (χ1n) is 7.81. The monoisotopic (exact) mass is 374 g/mol. The summed E-state index contributed by atoms with van der Waals surface area (Å²) >= 11 is 2.72. The van der Waals surface area contributed by atoms with Gasteiger partial charge in [0.2, 0.25) is 11.1 Å². The van der Waals surface area contributed by atoms with Crippen molar-refractivity contribution in [1.82, 2.24) is 25.2 Å². The number of tetrazole rings is 1. The summed E-state index contributed by atoms with van der Waals surface area (Å²) in [4.78, 5) is 16.8. The average molecular weight is 374 g/mol. The molecule has 1 atom stereocenters. The maximum absolute atomic E-state index is 12.3. The maximum atomic E-state index is 12.3. The van der Waals surface area contributed by atoms with Gasteiger partial charge in [-0.15, -0.1) is 16.4 Å². The number of carbonyl (C=O) groups is 1. The van der Waals surface area contributed by atoms with Crippen molar-refractivity contribution in [3.8, 4) is 11.3 Å². The standard InChI is InChI=1S/C16H18N6OS2/c1-4-11-5-7-12(8-6-11)13-9-24-15(17-13)18-14(23)10(2)25-16-19-20-21-22(16)3/h5-10H,4H2,1-3H3,(H,17,18,23)/t10-/m0/s1. The Morgan fingerprint density at radius 3 is 2.76 bits per heavy atom. The van der Waals surface area contributed by atoms with Gasteiger partial charge in [-0.25, -0.2) is 9.67 Å². The number of hydrogen-bond acceptors (Lipinski definition) is 7. The Labute approximate surface area is 153 Å². The van der Waals surface area contributed by atoms with E-state index >= 15 is 0 Å². The molecule has 9 heteroatoms. The van der Waals surface area contributed by atoms with E-state index in [0.717, 1.165) is 17.7 Å². The van der Waals surface area contributed by atoms with Crippen molar-refractivity contribution in [3.05, 3.63) is 35.2 Å². The van der Waals surface area contributed by atoms with Gasteiger partial charge in [0.05, 0.1) is 10.9 Å². The zero-order valence-corrected chi connectivity index (χ0v) is 15.8. The van der Waals surface area contributed by atoms with Crippen molar-refractivity contribution in [2.75, 3.05) is 5.32 Å². The van der Waals surface area contributed by atoms with Gasteiger partial charge in [-0.05, 0) is 29.3 Å². The molecule has 0 radical (unpaired) electrons. The summed E-state index contributed by atoms with van der Waals surface area (Å²) in [5.41, 5.74) is 3.19. The zero-order chi connectivity index (χ0) is 17.8. The third kappa shape index (κ3) is 4.23.